The number of allylic oxidation sites excluding steroid dienone is 4. The fourth-order valence-electron chi connectivity index (χ4n) is 1.84. The van der Waals surface area contributed by atoms with Crippen LogP contribution in [0.4, 0.5) is 0 Å². The van der Waals surface area contributed by atoms with Crippen LogP contribution in [0.3, 0.4) is 0 Å². The van der Waals surface area contributed by atoms with Gasteiger partial charge < -0.3 is 11.5 Å². The molecule has 0 aliphatic rings. The van der Waals surface area contributed by atoms with E-state index in [1.165, 1.54) is 0 Å². The lowest BCUT2D eigenvalue weighted by Crippen LogP contribution is -2.16. The predicted molar refractivity (Wildman–Crippen MR) is 63.4 cm³/mol. The van der Waals surface area contributed by atoms with Gasteiger partial charge in [0.05, 0.1) is 0 Å². The Bertz CT molecular complexity index is 284. The molecule has 0 aliphatic carbocycles. The fraction of sp³-hybridized carbons (Fsp3) is 0.500. The summed E-state index contributed by atoms with van der Waals surface area (Å²) in [5.41, 5.74) is 15.1. The van der Waals surface area contributed by atoms with Crippen LogP contribution in [0.15, 0.2) is 35.2 Å². The van der Waals surface area contributed by atoms with Gasteiger partial charge in [0.25, 0.3) is 0 Å². The van der Waals surface area contributed by atoms with Crippen molar-refractivity contribution in [3.05, 3.63) is 35.2 Å². The summed E-state index contributed by atoms with van der Waals surface area (Å²) in [4.78, 5) is 0. The van der Waals surface area contributed by atoms with Gasteiger partial charge in [-0.25, -0.2) is 0 Å². The second kappa shape index (κ2) is 4.36. The van der Waals surface area contributed by atoms with E-state index >= 15 is 0 Å². The van der Waals surface area contributed by atoms with Crippen LogP contribution in [0.1, 0.15) is 34.6 Å². The van der Waals surface area contributed by atoms with E-state index in [2.05, 4.69) is 27.4 Å². The molecule has 0 aromatic heterocycles. The third-order valence-electron chi connectivity index (χ3n) is 1.94. The molecule has 4 N–H and O–H groups in total. The average Bonchev–Trinajstić information content (AvgIpc) is 1.78. The number of hydrogen-bond donors (Lipinski definition) is 2. The lowest BCUT2D eigenvalue weighted by molar-refractivity contribution is 0.504. The van der Waals surface area contributed by atoms with E-state index in [1.807, 2.05) is 19.9 Å². The van der Waals surface area contributed by atoms with Gasteiger partial charge in [-0.05, 0) is 36.5 Å². The van der Waals surface area contributed by atoms with Gasteiger partial charge in [-0.1, -0.05) is 27.4 Å². The van der Waals surface area contributed by atoms with Crippen LogP contribution in [-0.2, 0) is 0 Å². The predicted octanol–water partition coefficient (Wildman–Crippen LogP) is 2.68. The molecule has 14 heavy (non-hydrogen) atoms. The molecule has 0 radical (unpaired) electrons. The Morgan fingerprint density at radius 2 is 1.57 bits per heavy atom. The van der Waals surface area contributed by atoms with Crippen LogP contribution in [0.5, 0.6) is 0 Å². The van der Waals surface area contributed by atoms with Crippen LogP contribution in [0, 0.1) is 5.41 Å². The molecular weight excluding hydrogens is 172 g/mol. The molecule has 0 amide bonds. The van der Waals surface area contributed by atoms with Gasteiger partial charge in [0, 0.05) is 11.4 Å². The summed E-state index contributed by atoms with van der Waals surface area (Å²) >= 11 is 0. The molecule has 80 valence electrons. The van der Waals surface area contributed by atoms with Crippen molar-refractivity contribution in [3.8, 4) is 0 Å². The van der Waals surface area contributed by atoms with E-state index in [0.717, 1.165) is 16.8 Å². The second-order valence-corrected chi connectivity index (χ2v) is 4.71. The number of hydrogen-bond acceptors (Lipinski definition) is 2. The summed E-state index contributed by atoms with van der Waals surface area (Å²) in [7, 11) is 0. The first kappa shape index (κ1) is 12.8. The third kappa shape index (κ3) is 3.69. The van der Waals surface area contributed by atoms with Crippen LogP contribution < -0.4 is 11.5 Å². The van der Waals surface area contributed by atoms with Crippen molar-refractivity contribution >= 4 is 0 Å². The highest BCUT2D eigenvalue weighted by molar-refractivity contribution is 5.39. The van der Waals surface area contributed by atoms with Crippen molar-refractivity contribution in [2.24, 2.45) is 16.9 Å². The molecule has 0 heterocycles. The zero-order chi connectivity index (χ0) is 11.5. The standard InChI is InChI=1S/C12H22N2/c1-8(7-9(2)13)11(10(3)14)12(4,5)6/h7H,2,13-14H2,1,3-6H3/b8-7-,11-10+. The lowest BCUT2D eigenvalue weighted by Gasteiger charge is -2.25. The summed E-state index contributed by atoms with van der Waals surface area (Å²) in [6.45, 7) is 14.0. The first-order valence-electron chi connectivity index (χ1n) is 4.76. The van der Waals surface area contributed by atoms with Crippen molar-refractivity contribution in [1.82, 2.24) is 0 Å². The summed E-state index contributed by atoms with van der Waals surface area (Å²) in [5, 5.41) is 0. The van der Waals surface area contributed by atoms with Gasteiger partial charge in [-0.3, -0.25) is 0 Å². The molecule has 0 saturated heterocycles. The minimum Gasteiger partial charge on any atom is -0.402 e. The molecule has 2 nitrogen and oxygen atoms in total. The molecule has 0 unspecified atom stereocenters. The molecule has 0 fully saturated rings. The van der Waals surface area contributed by atoms with E-state index in [9.17, 15) is 0 Å². The smallest absolute Gasteiger partial charge is 0.0243 e. The third-order valence-corrected chi connectivity index (χ3v) is 1.94. The van der Waals surface area contributed by atoms with Gasteiger partial charge in [0.15, 0.2) is 0 Å². The summed E-state index contributed by atoms with van der Waals surface area (Å²) < 4.78 is 0. The van der Waals surface area contributed by atoms with E-state index in [1.54, 1.807) is 0 Å². The molecule has 0 aromatic carbocycles. The second-order valence-electron chi connectivity index (χ2n) is 4.71. The van der Waals surface area contributed by atoms with E-state index in [4.69, 9.17) is 11.5 Å². The maximum atomic E-state index is 5.87. The van der Waals surface area contributed by atoms with Gasteiger partial charge >= 0.3 is 0 Å². The molecule has 0 spiro atoms. The van der Waals surface area contributed by atoms with E-state index in [0.29, 0.717) is 5.70 Å². The Kier molecular flexibility index (Phi) is 3.99. The van der Waals surface area contributed by atoms with Gasteiger partial charge in [-0.2, -0.15) is 0 Å². The van der Waals surface area contributed by atoms with E-state index < -0.39 is 0 Å². The maximum absolute atomic E-state index is 5.87. The zero-order valence-corrected chi connectivity index (χ0v) is 9.94. The molecule has 0 rings (SSSR count). The van der Waals surface area contributed by atoms with Gasteiger partial charge in [0.2, 0.25) is 0 Å². The Labute approximate surface area is 87.4 Å². The first-order valence-corrected chi connectivity index (χ1v) is 4.76. The lowest BCUT2D eigenvalue weighted by atomic mass is 9.81. The molecule has 0 aromatic rings. The zero-order valence-electron chi connectivity index (χ0n) is 9.94. The number of rotatable bonds is 2. The van der Waals surface area contributed by atoms with Crippen molar-refractivity contribution < 1.29 is 0 Å². The van der Waals surface area contributed by atoms with Crippen LogP contribution >= 0.6 is 0 Å². The summed E-state index contributed by atoms with van der Waals surface area (Å²) in [6.07, 6.45) is 1.86. The van der Waals surface area contributed by atoms with Crippen molar-refractivity contribution in [2.75, 3.05) is 0 Å². The first-order chi connectivity index (χ1) is 6.16. The Hall–Kier alpha value is -1.18. The average molecular weight is 194 g/mol. The highest BCUT2D eigenvalue weighted by atomic mass is 14.6. The van der Waals surface area contributed by atoms with Crippen LogP contribution in [0.25, 0.3) is 0 Å². The largest absolute Gasteiger partial charge is 0.402 e. The number of nitrogens with two attached hydrogens (primary N) is 2. The molecule has 0 saturated carbocycles. The summed E-state index contributed by atoms with van der Waals surface area (Å²) in [5.74, 6) is 0. The molecule has 0 aliphatic heterocycles. The fourth-order valence-corrected chi connectivity index (χ4v) is 1.84. The normalized spacial score (nSPS) is 15.1. The topological polar surface area (TPSA) is 52.0 Å². The minimum atomic E-state index is 0.0366. The van der Waals surface area contributed by atoms with Crippen LogP contribution in [-0.4, -0.2) is 0 Å². The Morgan fingerprint density at radius 1 is 1.14 bits per heavy atom. The minimum absolute atomic E-state index is 0.0366. The quantitative estimate of drug-likeness (QED) is 0.664. The van der Waals surface area contributed by atoms with Gasteiger partial charge in [-0.15, -0.1) is 0 Å². The maximum Gasteiger partial charge on any atom is 0.0243 e. The molecule has 2 heteroatoms. The Balaban J connectivity index is 5.30. The highest BCUT2D eigenvalue weighted by Crippen LogP contribution is 2.32. The van der Waals surface area contributed by atoms with Gasteiger partial charge in [0.1, 0.15) is 0 Å². The van der Waals surface area contributed by atoms with Crippen molar-refractivity contribution in [2.45, 2.75) is 34.6 Å². The summed E-state index contributed by atoms with van der Waals surface area (Å²) in [6, 6.07) is 0. The SMILES string of the molecule is C=C(N)/C=C(C)\C(=C(\C)N)C(C)(C)C. The molecular formula is C12H22N2. The highest BCUT2D eigenvalue weighted by Gasteiger charge is 2.20. The van der Waals surface area contributed by atoms with Crippen molar-refractivity contribution in [3.63, 3.8) is 0 Å². The van der Waals surface area contributed by atoms with Crippen molar-refractivity contribution in [1.29, 1.82) is 0 Å². The van der Waals surface area contributed by atoms with E-state index in [-0.39, 0.29) is 5.41 Å². The van der Waals surface area contributed by atoms with Crippen LogP contribution in [0.2, 0.25) is 0 Å². The molecule has 0 bridgehead atoms. The Morgan fingerprint density at radius 3 is 1.79 bits per heavy atom. The molecule has 0 atom stereocenters. The monoisotopic (exact) mass is 194 g/mol.